The summed E-state index contributed by atoms with van der Waals surface area (Å²) < 4.78 is 5.75. The molecular formula is C17H13ClN2O. The summed E-state index contributed by atoms with van der Waals surface area (Å²) >= 11 is 6.01. The van der Waals surface area contributed by atoms with Gasteiger partial charge < -0.3 is 4.74 Å². The highest BCUT2D eigenvalue weighted by Crippen LogP contribution is 2.22. The van der Waals surface area contributed by atoms with E-state index in [4.69, 9.17) is 16.3 Å². The molecular weight excluding hydrogens is 284 g/mol. The highest BCUT2D eigenvalue weighted by atomic mass is 35.5. The van der Waals surface area contributed by atoms with Crippen LogP contribution in [0.4, 0.5) is 0 Å². The van der Waals surface area contributed by atoms with Crippen molar-refractivity contribution in [1.82, 2.24) is 9.97 Å². The van der Waals surface area contributed by atoms with Crippen molar-refractivity contribution < 1.29 is 4.74 Å². The molecule has 21 heavy (non-hydrogen) atoms. The molecule has 0 unspecified atom stereocenters. The maximum absolute atomic E-state index is 6.01. The summed E-state index contributed by atoms with van der Waals surface area (Å²) in [5.41, 5.74) is 1.88. The molecule has 0 aliphatic carbocycles. The quantitative estimate of drug-likeness (QED) is 0.710. The van der Waals surface area contributed by atoms with Crippen molar-refractivity contribution in [2.24, 2.45) is 0 Å². The standard InChI is InChI=1S/C17H13ClN2O/c18-17-16(19-10-11-20-17)12-13-6-8-15(9-7-13)21-14-4-2-1-3-5-14/h1-11H,12H2. The van der Waals surface area contributed by atoms with Crippen LogP contribution in [-0.4, -0.2) is 9.97 Å². The fourth-order valence-corrected chi connectivity index (χ4v) is 2.13. The van der Waals surface area contributed by atoms with E-state index in [0.29, 0.717) is 11.6 Å². The Bertz CT molecular complexity index is 714. The smallest absolute Gasteiger partial charge is 0.150 e. The summed E-state index contributed by atoms with van der Waals surface area (Å²) in [6.45, 7) is 0. The second-order valence-electron chi connectivity index (χ2n) is 4.53. The van der Waals surface area contributed by atoms with E-state index in [2.05, 4.69) is 9.97 Å². The number of hydrogen-bond acceptors (Lipinski definition) is 3. The number of halogens is 1. The SMILES string of the molecule is Clc1nccnc1Cc1ccc(Oc2ccccc2)cc1. The molecule has 4 heteroatoms. The molecule has 0 saturated carbocycles. The van der Waals surface area contributed by atoms with E-state index >= 15 is 0 Å². The lowest BCUT2D eigenvalue weighted by atomic mass is 10.1. The van der Waals surface area contributed by atoms with Crippen molar-refractivity contribution in [2.45, 2.75) is 6.42 Å². The van der Waals surface area contributed by atoms with E-state index in [1.807, 2.05) is 54.6 Å². The molecule has 0 atom stereocenters. The molecule has 1 aromatic heterocycles. The monoisotopic (exact) mass is 296 g/mol. The summed E-state index contributed by atoms with van der Waals surface area (Å²) in [5, 5.41) is 0.446. The van der Waals surface area contributed by atoms with Crippen LogP contribution in [0.2, 0.25) is 5.15 Å². The lowest BCUT2D eigenvalue weighted by Gasteiger charge is -2.07. The summed E-state index contributed by atoms with van der Waals surface area (Å²) in [7, 11) is 0. The first kappa shape index (κ1) is 13.6. The van der Waals surface area contributed by atoms with Gasteiger partial charge in [0.05, 0.1) is 5.69 Å². The zero-order valence-electron chi connectivity index (χ0n) is 11.2. The van der Waals surface area contributed by atoms with Crippen LogP contribution < -0.4 is 4.74 Å². The van der Waals surface area contributed by atoms with Gasteiger partial charge in [0.15, 0.2) is 5.15 Å². The van der Waals surface area contributed by atoms with Crippen molar-refractivity contribution in [3.05, 3.63) is 83.4 Å². The summed E-state index contributed by atoms with van der Waals surface area (Å²) in [6.07, 6.45) is 3.88. The van der Waals surface area contributed by atoms with E-state index in [0.717, 1.165) is 22.8 Å². The Hall–Kier alpha value is -2.39. The number of nitrogens with zero attached hydrogens (tertiary/aromatic N) is 2. The predicted octanol–water partition coefficient (Wildman–Crippen LogP) is 4.51. The Labute approximate surface area is 128 Å². The van der Waals surface area contributed by atoms with E-state index in [1.54, 1.807) is 12.4 Å². The maximum atomic E-state index is 6.01. The summed E-state index contributed by atoms with van der Waals surface area (Å²) in [4.78, 5) is 8.26. The first-order chi connectivity index (χ1) is 10.3. The van der Waals surface area contributed by atoms with Gasteiger partial charge in [0, 0.05) is 18.8 Å². The van der Waals surface area contributed by atoms with Crippen LogP contribution in [0.3, 0.4) is 0 Å². The van der Waals surface area contributed by atoms with Gasteiger partial charge in [-0.25, -0.2) is 4.98 Å². The van der Waals surface area contributed by atoms with Crippen LogP contribution >= 0.6 is 11.6 Å². The van der Waals surface area contributed by atoms with Crippen molar-refractivity contribution in [3.8, 4) is 11.5 Å². The van der Waals surface area contributed by atoms with Crippen LogP contribution in [0.1, 0.15) is 11.3 Å². The number of ether oxygens (including phenoxy) is 1. The molecule has 0 aliphatic rings. The second-order valence-corrected chi connectivity index (χ2v) is 4.89. The van der Waals surface area contributed by atoms with Gasteiger partial charge in [-0.2, -0.15) is 0 Å². The van der Waals surface area contributed by atoms with Crippen LogP contribution in [0, 0.1) is 0 Å². The van der Waals surface area contributed by atoms with Gasteiger partial charge in [0.1, 0.15) is 11.5 Å². The third-order valence-corrected chi connectivity index (χ3v) is 3.31. The van der Waals surface area contributed by atoms with Crippen LogP contribution in [0.25, 0.3) is 0 Å². The number of hydrogen-bond donors (Lipinski definition) is 0. The highest BCUT2D eigenvalue weighted by Gasteiger charge is 2.04. The zero-order valence-corrected chi connectivity index (χ0v) is 12.0. The Morgan fingerprint density at radius 3 is 2.19 bits per heavy atom. The van der Waals surface area contributed by atoms with Crippen LogP contribution in [0.15, 0.2) is 67.0 Å². The number of aromatic nitrogens is 2. The third-order valence-electron chi connectivity index (χ3n) is 3.00. The molecule has 0 saturated heterocycles. The number of para-hydroxylation sites is 1. The molecule has 1 heterocycles. The zero-order chi connectivity index (χ0) is 14.5. The predicted molar refractivity (Wildman–Crippen MR) is 82.8 cm³/mol. The molecule has 0 fully saturated rings. The second kappa shape index (κ2) is 6.37. The first-order valence-corrected chi connectivity index (χ1v) is 6.96. The summed E-state index contributed by atoms with van der Waals surface area (Å²) in [6, 6.07) is 17.6. The summed E-state index contributed by atoms with van der Waals surface area (Å²) in [5.74, 6) is 1.62. The van der Waals surface area contributed by atoms with Gasteiger partial charge in [-0.1, -0.05) is 41.9 Å². The number of rotatable bonds is 4. The van der Waals surface area contributed by atoms with Gasteiger partial charge in [0.2, 0.25) is 0 Å². The fraction of sp³-hybridized carbons (Fsp3) is 0.0588. The lowest BCUT2D eigenvalue weighted by molar-refractivity contribution is 0.482. The van der Waals surface area contributed by atoms with E-state index < -0.39 is 0 Å². The van der Waals surface area contributed by atoms with Gasteiger partial charge in [0.25, 0.3) is 0 Å². The highest BCUT2D eigenvalue weighted by molar-refractivity contribution is 6.30. The molecule has 0 bridgehead atoms. The van der Waals surface area contributed by atoms with Crippen LogP contribution in [-0.2, 0) is 6.42 Å². The molecule has 3 aromatic rings. The van der Waals surface area contributed by atoms with E-state index in [9.17, 15) is 0 Å². The van der Waals surface area contributed by atoms with E-state index in [-0.39, 0.29) is 0 Å². The van der Waals surface area contributed by atoms with Crippen molar-refractivity contribution in [3.63, 3.8) is 0 Å². The third kappa shape index (κ3) is 3.58. The van der Waals surface area contributed by atoms with Crippen molar-refractivity contribution in [1.29, 1.82) is 0 Å². The van der Waals surface area contributed by atoms with Gasteiger partial charge in [-0.05, 0) is 29.8 Å². The molecule has 0 aliphatic heterocycles. The van der Waals surface area contributed by atoms with Gasteiger partial charge in [-0.3, -0.25) is 4.98 Å². The largest absolute Gasteiger partial charge is 0.457 e. The molecule has 0 amide bonds. The Balaban J connectivity index is 1.71. The molecule has 104 valence electrons. The minimum Gasteiger partial charge on any atom is -0.457 e. The van der Waals surface area contributed by atoms with E-state index in [1.165, 1.54) is 0 Å². The number of benzene rings is 2. The fourth-order valence-electron chi connectivity index (χ4n) is 1.96. The molecule has 3 rings (SSSR count). The lowest BCUT2D eigenvalue weighted by Crippen LogP contribution is -1.95. The topological polar surface area (TPSA) is 35.0 Å². The maximum Gasteiger partial charge on any atom is 0.150 e. The molecule has 2 aromatic carbocycles. The Morgan fingerprint density at radius 2 is 1.48 bits per heavy atom. The van der Waals surface area contributed by atoms with Gasteiger partial charge >= 0.3 is 0 Å². The molecule has 0 spiro atoms. The minimum absolute atomic E-state index is 0.446. The Kier molecular flexibility index (Phi) is 4.12. The molecule has 3 nitrogen and oxygen atoms in total. The average Bonchev–Trinajstić information content (AvgIpc) is 2.52. The molecule has 0 radical (unpaired) electrons. The van der Waals surface area contributed by atoms with Crippen molar-refractivity contribution >= 4 is 11.6 Å². The average molecular weight is 297 g/mol. The van der Waals surface area contributed by atoms with Gasteiger partial charge in [-0.15, -0.1) is 0 Å². The van der Waals surface area contributed by atoms with Crippen LogP contribution in [0.5, 0.6) is 11.5 Å². The normalized spacial score (nSPS) is 10.3. The minimum atomic E-state index is 0.446. The molecule has 0 N–H and O–H groups in total. The first-order valence-electron chi connectivity index (χ1n) is 6.58. The van der Waals surface area contributed by atoms with Crippen molar-refractivity contribution in [2.75, 3.05) is 0 Å². The Morgan fingerprint density at radius 1 is 0.810 bits per heavy atom.